The number of rotatable bonds is 8. The number of esters is 1. The van der Waals surface area contributed by atoms with E-state index < -0.39 is 5.97 Å². The molecule has 1 heterocycles. The van der Waals surface area contributed by atoms with Crippen molar-refractivity contribution < 1.29 is 23.7 Å². The molecule has 4 aromatic rings. The number of carbonyl (C=O) groups is 1. The minimum absolute atomic E-state index is 0.0247. The van der Waals surface area contributed by atoms with Gasteiger partial charge in [-0.2, -0.15) is 0 Å². The van der Waals surface area contributed by atoms with Gasteiger partial charge in [-0.3, -0.25) is 0 Å². The van der Waals surface area contributed by atoms with E-state index in [9.17, 15) is 4.79 Å². The average Bonchev–Trinajstić information content (AvgIpc) is 2.86. The highest BCUT2D eigenvalue weighted by atomic mass is 16.5. The van der Waals surface area contributed by atoms with Crippen molar-refractivity contribution in [3.8, 4) is 35.3 Å². The summed E-state index contributed by atoms with van der Waals surface area (Å²) >= 11 is 0. The molecule has 0 spiro atoms. The van der Waals surface area contributed by atoms with E-state index in [1.807, 2.05) is 45.0 Å². The molecule has 0 atom stereocenters. The fraction of sp³-hybridized carbons (Fsp3) is 0.143. The highest BCUT2D eigenvalue weighted by Crippen LogP contribution is 2.32. The Morgan fingerprint density at radius 1 is 0.806 bits per heavy atom. The van der Waals surface area contributed by atoms with Crippen LogP contribution in [0.4, 0.5) is 0 Å². The molecule has 0 amide bonds. The Morgan fingerprint density at radius 2 is 1.39 bits per heavy atom. The van der Waals surface area contributed by atoms with Crippen LogP contribution in [0.3, 0.4) is 0 Å². The molecule has 0 aliphatic rings. The van der Waals surface area contributed by atoms with Gasteiger partial charge in [0.2, 0.25) is 0 Å². The van der Waals surface area contributed by atoms with Gasteiger partial charge in [0.05, 0.1) is 7.11 Å². The predicted molar refractivity (Wildman–Crippen MR) is 135 cm³/mol. The molecule has 8 nitrogen and oxygen atoms in total. The largest absolute Gasteiger partial charge is 0.465 e. The van der Waals surface area contributed by atoms with E-state index in [-0.39, 0.29) is 29.3 Å². The monoisotopic (exact) mass is 483 g/mol. The lowest BCUT2D eigenvalue weighted by atomic mass is 10.1. The Morgan fingerprint density at radius 3 is 2.00 bits per heavy atom. The molecule has 4 rings (SSSR count). The zero-order valence-electron chi connectivity index (χ0n) is 20.4. The van der Waals surface area contributed by atoms with Crippen LogP contribution in [0.2, 0.25) is 0 Å². The van der Waals surface area contributed by atoms with Crippen LogP contribution in [-0.4, -0.2) is 28.0 Å². The number of aromatic nitrogens is 3. The third kappa shape index (κ3) is 5.67. The van der Waals surface area contributed by atoms with Gasteiger partial charge in [-0.15, -0.1) is 15.0 Å². The molecule has 0 unspecified atom stereocenters. The number of aryl methyl sites for hydroxylation is 3. The maximum atomic E-state index is 12.2. The number of hydrogen-bond donors (Lipinski definition) is 0. The first-order valence-electron chi connectivity index (χ1n) is 11.1. The zero-order valence-corrected chi connectivity index (χ0v) is 20.4. The highest BCUT2D eigenvalue weighted by molar-refractivity contribution is 5.92. The molecule has 0 saturated heterocycles. The average molecular weight is 484 g/mol. The maximum Gasteiger partial charge on any atom is 0.341 e. The summed E-state index contributed by atoms with van der Waals surface area (Å²) in [6, 6.07) is 17.7. The van der Waals surface area contributed by atoms with Gasteiger partial charge in [0.1, 0.15) is 22.8 Å². The fourth-order valence-corrected chi connectivity index (χ4v) is 3.59. The van der Waals surface area contributed by atoms with Gasteiger partial charge < -0.3 is 18.9 Å². The SMILES string of the molecule is C=Cc1ccc(Oc2nc(Oc3ccccc3C(=O)OC)nc(Oc3c(C)cc(C)cc3C)n2)cc1. The van der Waals surface area contributed by atoms with Crippen LogP contribution >= 0.6 is 0 Å². The Bertz CT molecular complexity index is 1390. The topological polar surface area (TPSA) is 92.7 Å². The summed E-state index contributed by atoms with van der Waals surface area (Å²) < 4.78 is 22.6. The van der Waals surface area contributed by atoms with Crippen molar-refractivity contribution in [2.75, 3.05) is 7.11 Å². The number of nitrogens with zero attached hydrogens (tertiary/aromatic N) is 3. The molecule has 0 fully saturated rings. The molecular formula is C28H25N3O5. The van der Waals surface area contributed by atoms with Crippen molar-refractivity contribution in [3.63, 3.8) is 0 Å². The minimum Gasteiger partial charge on any atom is -0.465 e. The summed E-state index contributed by atoms with van der Waals surface area (Å²) in [6.45, 7) is 9.65. The second kappa shape index (κ2) is 10.7. The van der Waals surface area contributed by atoms with Crippen molar-refractivity contribution >= 4 is 12.0 Å². The minimum atomic E-state index is -0.555. The molecule has 1 aromatic heterocycles. The summed E-state index contributed by atoms with van der Waals surface area (Å²) in [5, 5.41) is 0. The smallest absolute Gasteiger partial charge is 0.341 e. The van der Waals surface area contributed by atoms with Crippen LogP contribution < -0.4 is 14.2 Å². The number of carbonyl (C=O) groups excluding carboxylic acids is 1. The zero-order chi connectivity index (χ0) is 25.7. The second-order valence-corrected chi connectivity index (χ2v) is 7.98. The summed E-state index contributed by atoms with van der Waals surface area (Å²) in [6.07, 6.45) is 1.73. The van der Waals surface area contributed by atoms with Gasteiger partial charge in [0.15, 0.2) is 0 Å². The molecule has 182 valence electrons. The molecule has 8 heteroatoms. The normalized spacial score (nSPS) is 10.4. The highest BCUT2D eigenvalue weighted by Gasteiger charge is 2.18. The predicted octanol–water partition coefficient (Wildman–Crippen LogP) is 6.60. The van der Waals surface area contributed by atoms with Crippen molar-refractivity contribution in [1.29, 1.82) is 0 Å². The van der Waals surface area contributed by atoms with E-state index in [2.05, 4.69) is 21.5 Å². The first-order chi connectivity index (χ1) is 17.4. The lowest BCUT2D eigenvalue weighted by Gasteiger charge is -2.13. The maximum absolute atomic E-state index is 12.2. The molecule has 0 radical (unpaired) electrons. The van der Waals surface area contributed by atoms with E-state index >= 15 is 0 Å². The van der Waals surface area contributed by atoms with Crippen LogP contribution in [-0.2, 0) is 4.74 Å². The molecular weight excluding hydrogens is 458 g/mol. The van der Waals surface area contributed by atoms with Crippen molar-refractivity contribution in [2.45, 2.75) is 20.8 Å². The Kier molecular flexibility index (Phi) is 7.25. The van der Waals surface area contributed by atoms with Gasteiger partial charge in [0.25, 0.3) is 0 Å². The van der Waals surface area contributed by atoms with Crippen LogP contribution in [0.25, 0.3) is 6.08 Å². The lowest BCUT2D eigenvalue weighted by Crippen LogP contribution is -2.06. The number of methoxy groups -OCH3 is 1. The molecule has 0 bridgehead atoms. The number of para-hydroxylation sites is 1. The fourth-order valence-electron chi connectivity index (χ4n) is 3.59. The van der Waals surface area contributed by atoms with Gasteiger partial charge in [-0.25, -0.2) is 4.79 Å². The van der Waals surface area contributed by atoms with Gasteiger partial charge in [-0.1, -0.05) is 54.6 Å². The van der Waals surface area contributed by atoms with Gasteiger partial charge >= 0.3 is 24.0 Å². The lowest BCUT2D eigenvalue weighted by molar-refractivity contribution is 0.0597. The van der Waals surface area contributed by atoms with E-state index in [0.717, 1.165) is 22.3 Å². The summed E-state index contributed by atoms with van der Waals surface area (Å²) in [4.78, 5) is 25.1. The first-order valence-corrected chi connectivity index (χ1v) is 11.1. The molecule has 0 aliphatic carbocycles. The molecule has 36 heavy (non-hydrogen) atoms. The third-order valence-corrected chi connectivity index (χ3v) is 5.19. The van der Waals surface area contributed by atoms with Crippen LogP contribution in [0.1, 0.15) is 32.6 Å². The molecule has 0 aliphatic heterocycles. The first kappa shape index (κ1) is 24.4. The summed E-state index contributed by atoms with van der Waals surface area (Å²) in [5.74, 6) is 0.779. The van der Waals surface area contributed by atoms with E-state index in [0.29, 0.717) is 11.5 Å². The van der Waals surface area contributed by atoms with Crippen LogP contribution in [0.5, 0.6) is 35.3 Å². The van der Waals surface area contributed by atoms with E-state index in [4.69, 9.17) is 18.9 Å². The Hall–Kier alpha value is -4.72. The van der Waals surface area contributed by atoms with Crippen LogP contribution in [0.15, 0.2) is 67.2 Å². The number of benzene rings is 3. The Labute approximate surface area is 209 Å². The number of hydrogen-bond acceptors (Lipinski definition) is 8. The third-order valence-electron chi connectivity index (χ3n) is 5.19. The summed E-state index contributed by atoms with van der Waals surface area (Å²) in [5.41, 5.74) is 4.12. The molecule has 3 aromatic carbocycles. The van der Waals surface area contributed by atoms with Crippen molar-refractivity contribution in [2.24, 2.45) is 0 Å². The van der Waals surface area contributed by atoms with Gasteiger partial charge in [0, 0.05) is 0 Å². The number of ether oxygens (including phenoxy) is 4. The molecule has 0 N–H and O–H groups in total. The van der Waals surface area contributed by atoms with E-state index in [1.54, 1.807) is 42.5 Å². The quantitative estimate of drug-likeness (QED) is 0.259. The van der Waals surface area contributed by atoms with Crippen LogP contribution in [0, 0.1) is 20.8 Å². The van der Waals surface area contributed by atoms with Crippen molar-refractivity contribution in [1.82, 2.24) is 15.0 Å². The van der Waals surface area contributed by atoms with Crippen molar-refractivity contribution in [3.05, 3.63) is 95.1 Å². The van der Waals surface area contributed by atoms with Gasteiger partial charge in [-0.05, 0) is 61.7 Å². The standard InChI is InChI=1S/C28H25N3O5/c1-6-20-11-13-21(14-12-20)34-26-29-27(35-23-10-8-7-9-22(23)25(32)33-5)31-28(30-26)36-24-18(3)15-17(2)16-19(24)4/h6-16H,1H2,2-5H3. The summed E-state index contributed by atoms with van der Waals surface area (Å²) in [7, 11) is 1.30. The van der Waals surface area contributed by atoms with E-state index in [1.165, 1.54) is 7.11 Å². The Balaban J connectivity index is 1.73. The second-order valence-electron chi connectivity index (χ2n) is 7.98. The molecule has 0 saturated carbocycles.